The third-order valence-corrected chi connectivity index (χ3v) is 6.15. The van der Waals surface area contributed by atoms with Crippen molar-refractivity contribution in [1.29, 1.82) is 0 Å². The fourth-order valence-corrected chi connectivity index (χ4v) is 5.12. The van der Waals surface area contributed by atoms with Crippen LogP contribution in [-0.4, -0.2) is 55.8 Å². The first-order valence-corrected chi connectivity index (χ1v) is 9.14. The van der Waals surface area contributed by atoms with Gasteiger partial charge in [0, 0.05) is 18.5 Å². The van der Waals surface area contributed by atoms with Gasteiger partial charge in [0.15, 0.2) is 0 Å². The van der Waals surface area contributed by atoms with Crippen molar-refractivity contribution in [1.82, 2.24) is 4.31 Å². The second-order valence-corrected chi connectivity index (χ2v) is 8.11. The summed E-state index contributed by atoms with van der Waals surface area (Å²) in [6, 6.07) is -0.135. The van der Waals surface area contributed by atoms with Crippen LogP contribution >= 0.6 is 0 Å². The van der Waals surface area contributed by atoms with Gasteiger partial charge in [0.05, 0.1) is 24.9 Å². The lowest BCUT2D eigenvalue weighted by atomic mass is 9.70. The Morgan fingerprint density at radius 3 is 2.86 bits per heavy atom. The van der Waals surface area contributed by atoms with Gasteiger partial charge in [-0.25, -0.2) is 8.42 Å². The lowest BCUT2D eigenvalue weighted by Crippen LogP contribution is -2.57. The molecule has 3 heterocycles. The van der Waals surface area contributed by atoms with E-state index in [2.05, 4.69) is 0 Å². The molecule has 1 unspecified atom stereocenters. The fourth-order valence-electron chi connectivity index (χ4n) is 3.95. The molecule has 0 saturated carbocycles. The normalized spacial score (nSPS) is 42.0. The van der Waals surface area contributed by atoms with Crippen LogP contribution in [0.15, 0.2) is 12.2 Å². The van der Waals surface area contributed by atoms with Gasteiger partial charge in [0.2, 0.25) is 10.0 Å². The summed E-state index contributed by atoms with van der Waals surface area (Å²) < 4.78 is 36.5. The molecule has 0 aromatic heterocycles. The van der Waals surface area contributed by atoms with E-state index in [1.54, 1.807) is 6.92 Å². The van der Waals surface area contributed by atoms with Crippen LogP contribution in [0.3, 0.4) is 0 Å². The predicted octanol–water partition coefficient (Wildman–Crippen LogP) is 0.543. The van der Waals surface area contributed by atoms with Crippen molar-refractivity contribution in [3.63, 3.8) is 0 Å². The molecule has 0 aromatic carbocycles. The second-order valence-electron chi connectivity index (χ2n) is 6.17. The SMILES string of the molecule is CCOC(=O)[C@@H]1C2C[C@@H](C)N(S(C)(=O)=O)C[C@]23C=C[C@H]1O3. The summed E-state index contributed by atoms with van der Waals surface area (Å²) in [4.78, 5) is 12.2. The number of piperidine rings is 1. The first-order chi connectivity index (χ1) is 9.78. The van der Waals surface area contributed by atoms with Crippen molar-refractivity contribution in [2.45, 2.75) is 38.0 Å². The Balaban J connectivity index is 1.91. The number of fused-ring (bicyclic) bond motifs is 1. The number of esters is 1. The molecule has 21 heavy (non-hydrogen) atoms. The van der Waals surface area contributed by atoms with Gasteiger partial charge in [-0.15, -0.1) is 0 Å². The van der Waals surface area contributed by atoms with Gasteiger partial charge in [0.25, 0.3) is 0 Å². The quantitative estimate of drug-likeness (QED) is 0.561. The van der Waals surface area contributed by atoms with Gasteiger partial charge in [-0.3, -0.25) is 4.79 Å². The minimum absolute atomic E-state index is 0.0143. The van der Waals surface area contributed by atoms with E-state index in [9.17, 15) is 13.2 Å². The highest BCUT2D eigenvalue weighted by Gasteiger charge is 2.62. The van der Waals surface area contributed by atoms with E-state index in [4.69, 9.17) is 9.47 Å². The first kappa shape index (κ1) is 15.0. The third kappa shape index (κ3) is 2.22. The van der Waals surface area contributed by atoms with Crippen LogP contribution in [0.1, 0.15) is 20.3 Å². The second kappa shape index (κ2) is 4.79. The van der Waals surface area contributed by atoms with Crippen LogP contribution in [0, 0.1) is 11.8 Å². The van der Waals surface area contributed by atoms with Crippen LogP contribution in [0.2, 0.25) is 0 Å². The van der Waals surface area contributed by atoms with E-state index in [1.807, 2.05) is 19.1 Å². The summed E-state index contributed by atoms with van der Waals surface area (Å²) in [6.07, 6.45) is 5.34. The molecule has 0 aliphatic carbocycles. The number of nitrogens with zero attached hydrogens (tertiary/aromatic N) is 1. The Hall–Kier alpha value is -0.920. The molecule has 2 saturated heterocycles. The molecule has 7 heteroatoms. The van der Waals surface area contributed by atoms with Crippen LogP contribution in [0.5, 0.6) is 0 Å². The molecule has 118 valence electrons. The van der Waals surface area contributed by atoms with E-state index in [-0.39, 0.29) is 36.5 Å². The Morgan fingerprint density at radius 1 is 1.52 bits per heavy atom. The van der Waals surface area contributed by atoms with E-state index in [0.29, 0.717) is 13.0 Å². The standard InChI is InChI=1S/C14H21NO5S/c1-4-19-13(16)12-10-7-9(2)15(21(3,17)18)8-14(10)6-5-11(12)20-14/h5-6,9-12H,4,7-8H2,1-3H3/t9-,10?,11-,12-,14-/m1/s1. The summed E-state index contributed by atoms with van der Waals surface area (Å²) in [5.74, 6) is -0.572. The highest BCUT2D eigenvalue weighted by Crippen LogP contribution is 2.52. The minimum Gasteiger partial charge on any atom is -0.466 e. The maximum atomic E-state index is 12.2. The van der Waals surface area contributed by atoms with Crippen molar-refractivity contribution in [3.05, 3.63) is 12.2 Å². The Morgan fingerprint density at radius 2 is 2.24 bits per heavy atom. The number of ether oxygens (including phenoxy) is 2. The lowest BCUT2D eigenvalue weighted by Gasteiger charge is -2.45. The first-order valence-electron chi connectivity index (χ1n) is 7.29. The molecule has 3 aliphatic rings. The van der Waals surface area contributed by atoms with Crippen LogP contribution < -0.4 is 0 Å². The molecule has 0 aromatic rings. The van der Waals surface area contributed by atoms with Crippen LogP contribution in [-0.2, 0) is 24.3 Å². The zero-order valence-corrected chi connectivity index (χ0v) is 13.3. The minimum atomic E-state index is -3.29. The summed E-state index contributed by atoms with van der Waals surface area (Å²) in [5, 5.41) is 0. The highest BCUT2D eigenvalue weighted by molar-refractivity contribution is 7.88. The molecular formula is C14H21NO5S. The third-order valence-electron chi connectivity index (χ3n) is 4.81. The highest BCUT2D eigenvalue weighted by atomic mass is 32.2. The van der Waals surface area contributed by atoms with E-state index in [1.165, 1.54) is 10.6 Å². The maximum Gasteiger partial charge on any atom is 0.312 e. The van der Waals surface area contributed by atoms with Gasteiger partial charge in [0.1, 0.15) is 5.60 Å². The van der Waals surface area contributed by atoms with E-state index >= 15 is 0 Å². The molecule has 3 rings (SSSR count). The molecule has 1 spiro atoms. The Kier molecular flexibility index (Phi) is 3.42. The van der Waals surface area contributed by atoms with Crippen molar-refractivity contribution >= 4 is 16.0 Å². The smallest absolute Gasteiger partial charge is 0.312 e. The number of sulfonamides is 1. The zero-order valence-electron chi connectivity index (χ0n) is 12.5. The number of carbonyl (C=O) groups excluding carboxylic acids is 1. The monoisotopic (exact) mass is 315 g/mol. The topological polar surface area (TPSA) is 72.9 Å². The molecule has 0 radical (unpaired) electrons. The predicted molar refractivity (Wildman–Crippen MR) is 76.0 cm³/mol. The molecule has 0 amide bonds. The van der Waals surface area contributed by atoms with Gasteiger partial charge in [-0.05, 0) is 20.3 Å². The molecule has 3 aliphatic heterocycles. The summed E-state index contributed by atoms with van der Waals surface area (Å²) in [6.45, 7) is 4.29. The van der Waals surface area contributed by atoms with Gasteiger partial charge in [-0.1, -0.05) is 12.2 Å². The molecule has 6 nitrogen and oxygen atoms in total. The zero-order chi connectivity index (χ0) is 15.4. The van der Waals surface area contributed by atoms with Crippen LogP contribution in [0.25, 0.3) is 0 Å². The number of hydrogen-bond acceptors (Lipinski definition) is 5. The summed E-state index contributed by atoms with van der Waals surface area (Å²) >= 11 is 0. The van der Waals surface area contributed by atoms with Crippen molar-refractivity contribution in [3.8, 4) is 0 Å². The molecule has 2 fully saturated rings. The van der Waals surface area contributed by atoms with E-state index < -0.39 is 15.6 Å². The van der Waals surface area contributed by atoms with Crippen LogP contribution in [0.4, 0.5) is 0 Å². The van der Waals surface area contributed by atoms with Gasteiger partial charge in [-0.2, -0.15) is 4.31 Å². The molecule has 5 atom stereocenters. The number of carbonyl (C=O) groups is 1. The summed E-state index contributed by atoms with van der Waals surface area (Å²) in [5.41, 5.74) is -0.669. The molecular weight excluding hydrogens is 294 g/mol. The Labute approximate surface area is 125 Å². The van der Waals surface area contributed by atoms with Crippen molar-refractivity contribution in [2.75, 3.05) is 19.4 Å². The largest absolute Gasteiger partial charge is 0.466 e. The molecule has 0 N–H and O–H groups in total. The summed E-state index contributed by atoms with van der Waals surface area (Å²) in [7, 11) is -3.29. The average molecular weight is 315 g/mol. The van der Waals surface area contributed by atoms with E-state index in [0.717, 1.165) is 0 Å². The maximum absolute atomic E-state index is 12.2. The Bertz CT molecular complexity index is 586. The van der Waals surface area contributed by atoms with Crippen molar-refractivity contribution < 1.29 is 22.7 Å². The van der Waals surface area contributed by atoms with Crippen molar-refractivity contribution in [2.24, 2.45) is 11.8 Å². The van der Waals surface area contributed by atoms with Gasteiger partial charge < -0.3 is 9.47 Å². The average Bonchev–Trinajstić information content (AvgIpc) is 2.91. The lowest BCUT2D eigenvalue weighted by molar-refractivity contribution is -0.150. The van der Waals surface area contributed by atoms with Gasteiger partial charge >= 0.3 is 5.97 Å². The number of hydrogen-bond donors (Lipinski definition) is 0. The molecule has 2 bridgehead atoms. The number of rotatable bonds is 3. The fraction of sp³-hybridized carbons (Fsp3) is 0.786.